The number of hydrogen-bond acceptors (Lipinski definition) is 2. The van der Waals surface area contributed by atoms with Gasteiger partial charge < -0.3 is 10.2 Å². The van der Waals surface area contributed by atoms with Crippen molar-refractivity contribution >= 4 is 22.6 Å². The van der Waals surface area contributed by atoms with Crippen LogP contribution in [0.15, 0.2) is 20.8 Å². The predicted molar refractivity (Wildman–Crippen MR) is 57.1 cm³/mol. The molecule has 1 rings (SSSR count). The molecule has 1 aliphatic rings. The van der Waals surface area contributed by atoms with Gasteiger partial charge in [0.15, 0.2) is 0 Å². The number of halogens is 1. The van der Waals surface area contributed by atoms with Crippen molar-refractivity contribution in [3.05, 3.63) is 20.8 Å². The fourth-order valence-corrected chi connectivity index (χ4v) is 2.18. The maximum Gasteiger partial charge on any atom is 0.0689 e. The molecule has 0 aromatic carbocycles. The van der Waals surface area contributed by atoms with E-state index in [9.17, 15) is 0 Å². The second-order valence-electron chi connectivity index (χ2n) is 3.11. The first-order chi connectivity index (χ1) is 5.69. The van der Waals surface area contributed by atoms with E-state index in [1.54, 1.807) is 0 Å². The van der Waals surface area contributed by atoms with Crippen molar-refractivity contribution in [3.63, 3.8) is 0 Å². The third kappa shape index (κ3) is 2.08. The maximum absolute atomic E-state index is 9.02. The number of aliphatic hydroxyl groups is 2. The van der Waals surface area contributed by atoms with Crippen LogP contribution in [0.3, 0.4) is 0 Å². The first-order valence-corrected chi connectivity index (χ1v) is 5.07. The van der Waals surface area contributed by atoms with E-state index in [1.807, 2.05) is 0 Å². The van der Waals surface area contributed by atoms with Crippen molar-refractivity contribution in [2.24, 2.45) is 5.92 Å². The molecule has 0 spiro atoms. The molecule has 0 heterocycles. The topological polar surface area (TPSA) is 40.5 Å². The Morgan fingerprint density at radius 2 is 2.17 bits per heavy atom. The zero-order chi connectivity index (χ0) is 9.14. The van der Waals surface area contributed by atoms with Gasteiger partial charge in [-0.05, 0) is 46.1 Å². The summed E-state index contributed by atoms with van der Waals surface area (Å²) in [7, 11) is 0. The second kappa shape index (κ2) is 4.39. The van der Waals surface area contributed by atoms with Gasteiger partial charge in [-0.2, -0.15) is 0 Å². The second-order valence-corrected chi connectivity index (χ2v) is 4.19. The van der Waals surface area contributed by atoms with Crippen LogP contribution in [0.4, 0.5) is 0 Å². The van der Waals surface area contributed by atoms with Crippen LogP contribution in [0.25, 0.3) is 0 Å². The van der Waals surface area contributed by atoms with E-state index in [1.165, 1.54) is 0 Å². The average Bonchev–Trinajstić information content (AvgIpc) is 2.08. The van der Waals surface area contributed by atoms with Gasteiger partial charge in [0.05, 0.1) is 13.2 Å². The summed E-state index contributed by atoms with van der Waals surface area (Å²) >= 11 is 2.18. The molecule has 0 bridgehead atoms. The van der Waals surface area contributed by atoms with Crippen molar-refractivity contribution in [2.45, 2.75) is 13.3 Å². The van der Waals surface area contributed by atoms with Gasteiger partial charge >= 0.3 is 0 Å². The van der Waals surface area contributed by atoms with Gasteiger partial charge in [0, 0.05) is 3.58 Å². The van der Waals surface area contributed by atoms with E-state index in [2.05, 4.69) is 35.6 Å². The van der Waals surface area contributed by atoms with Crippen LogP contribution in [0.2, 0.25) is 0 Å². The minimum Gasteiger partial charge on any atom is -0.392 e. The lowest BCUT2D eigenvalue weighted by atomic mass is 9.92. The molecule has 0 fully saturated rings. The van der Waals surface area contributed by atoms with Gasteiger partial charge in [0.2, 0.25) is 0 Å². The number of allylic oxidation sites excluding steroid dienone is 1. The summed E-state index contributed by atoms with van der Waals surface area (Å²) in [6.45, 7) is 2.28. The van der Waals surface area contributed by atoms with Gasteiger partial charge in [-0.1, -0.05) is 13.0 Å². The monoisotopic (exact) mass is 280 g/mol. The third-order valence-electron chi connectivity index (χ3n) is 2.01. The molecule has 1 atom stereocenters. The normalized spacial score (nSPS) is 24.3. The summed E-state index contributed by atoms with van der Waals surface area (Å²) < 4.78 is 1.04. The van der Waals surface area contributed by atoms with Gasteiger partial charge in [-0.25, -0.2) is 0 Å². The van der Waals surface area contributed by atoms with Gasteiger partial charge in [-0.3, -0.25) is 0 Å². The molecular weight excluding hydrogens is 267 g/mol. The molecule has 0 aliphatic heterocycles. The predicted octanol–water partition coefficient (Wildman–Crippen LogP) is 1.63. The van der Waals surface area contributed by atoms with Gasteiger partial charge in [0.1, 0.15) is 0 Å². The Labute approximate surface area is 86.1 Å². The highest BCUT2D eigenvalue weighted by molar-refractivity contribution is 14.1. The van der Waals surface area contributed by atoms with Crippen molar-refractivity contribution in [2.75, 3.05) is 13.2 Å². The van der Waals surface area contributed by atoms with Crippen molar-refractivity contribution in [3.8, 4) is 0 Å². The molecule has 0 aromatic rings. The average molecular weight is 280 g/mol. The standard InChI is InChI=1S/C9H13IO2/c1-6-2-7(4-11)9(10)8(3-6)5-12/h2,6,11-12H,3-5H2,1H3. The fourth-order valence-electron chi connectivity index (χ4n) is 1.44. The molecule has 2 N–H and O–H groups in total. The van der Waals surface area contributed by atoms with Crippen LogP contribution in [0.1, 0.15) is 13.3 Å². The van der Waals surface area contributed by atoms with Gasteiger partial charge in [0.25, 0.3) is 0 Å². The maximum atomic E-state index is 9.02. The molecule has 12 heavy (non-hydrogen) atoms. The number of aliphatic hydroxyl groups excluding tert-OH is 2. The zero-order valence-electron chi connectivity index (χ0n) is 7.05. The van der Waals surface area contributed by atoms with Crippen molar-refractivity contribution < 1.29 is 10.2 Å². The van der Waals surface area contributed by atoms with Crippen LogP contribution in [0, 0.1) is 5.92 Å². The summed E-state index contributed by atoms with van der Waals surface area (Å²) in [6, 6.07) is 0. The minimum absolute atomic E-state index is 0.0755. The summed E-state index contributed by atoms with van der Waals surface area (Å²) in [6.07, 6.45) is 2.99. The van der Waals surface area contributed by atoms with E-state index in [0.717, 1.165) is 21.1 Å². The van der Waals surface area contributed by atoms with Crippen LogP contribution in [-0.4, -0.2) is 23.4 Å². The lowest BCUT2D eigenvalue weighted by Crippen LogP contribution is -2.09. The third-order valence-corrected chi connectivity index (χ3v) is 3.46. The summed E-state index contributed by atoms with van der Waals surface area (Å²) in [5.41, 5.74) is 2.01. The summed E-state index contributed by atoms with van der Waals surface area (Å²) in [5.74, 6) is 0.438. The SMILES string of the molecule is CC1C=C(CO)C(I)=C(CO)C1. The fraction of sp³-hybridized carbons (Fsp3) is 0.556. The molecule has 1 aliphatic carbocycles. The van der Waals surface area contributed by atoms with E-state index < -0.39 is 0 Å². The minimum atomic E-state index is 0.0755. The van der Waals surface area contributed by atoms with Crippen LogP contribution in [0.5, 0.6) is 0 Å². The molecule has 3 heteroatoms. The molecule has 0 aromatic heterocycles. The van der Waals surface area contributed by atoms with E-state index in [0.29, 0.717) is 5.92 Å². The van der Waals surface area contributed by atoms with Crippen LogP contribution >= 0.6 is 22.6 Å². The van der Waals surface area contributed by atoms with E-state index in [4.69, 9.17) is 10.2 Å². The smallest absolute Gasteiger partial charge is 0.0689 e. The first kappa shape index (κ1) is 10.2. The van der Waals surface area contributed by atoms with E-state index >= 15 is 0 Å². The molecule has 68 valence electrons. The van der Waals surface area contributed by atoms with E-state index in [-0.39, 0.29) is 13.2 Å². The summed E-state index contributed by atoms with van der Waals surface area (Å²) in [5, 5.41) is 18.0. The molecular formula is C9H13IO2. The molecule has 0 amide bonds. The zero-order valence-corrected chi connectivity index (χ0v) is 9.21. The Morgan fingerprint density at radius 1 is 1.50 bits per heavy atom. The van der Waals surface area contributed by atoms with Crippen molar-refractivity contribution in [1.82, 2.24) is 0 Å². The molecule has 1 unspecified atom stereocenters. The highest BCUT2D eigenvalue weighted by atomic mass is 127. The van der Waals surface area contributed by atoms with Crippen LogP contribution in [-0.2, 0) is 0 Å². The highest BCUT2D eigenvalue weighted by Crippen LogP contribution is 2.32. The first-order valence-electron chi connectivity index (χ1n) is 3.99. The molecule has 0 saturated heterocycles. The highest BCUT2D eigenvalue weighted by Gasteiger charge is 2.16. The molecule has 2 nitrogen and oxygen atoms in total. The molecule has 0 radical (unpaired) electrons. The quantitative estimate of drug-likeness (QED) is 0.755. The lowest BCUT2D eigenvalue weighted by molar-refractivity contribution is 0.316. The lowest BCUT2D eigenvalue weighted by Gasteiger charge is -2.19. The van der Waals surface area contributed by atoms with Crippen molar-refractivity contribution in [1.29, 1.82) is 0 Å². The largest absolute Gasteiger partial charge is 0.392 e. The Kier molecular flexibility index (Phi) is 3.74. The Hall–Kier alpha value is 0.130. The number of hydrogen-bond donors (Lipinski definition) is 2. The summed E-state index contributed by atoms with van der Waals surface area (Å²) in [4.78, 5) is 0. The molecule has 0 saturated carbocycles. The van der Waals surface area contributed by atoms with Crippen LogP contribution < -0.4 is 0 Å². The Morgan fingerprint density at radius 3 is 2.67 bits per heavy atom. The number of rotatable bonds is 2. The Bertz CT molecular complexity index is 231. The van der Waals surface area contributed by atoms with Gasteiger partial charge in [-0.15, -0.1) is 0 Å². The Balaban J connectivity index is 2.91.